The van der Waals surface area contributed by atoms with Crippen LogP contribution in [-0.2, 0) is 24.3 Å². The Hall–Kier alpha value is -2.71. The molecule has 2 atom stereocenters. The molecule has 27 heavy (non-hydrogen) atoms. The molecule has 0 aromatic heterocycles. The zero-order valence-corrected chi connectivity index (χ0v) is 15.9. The topological polar surface area (TPSA) is 116 Å². The van der Waals surface area contributed by atoms with Crippen molar-refractivity contribution < 1.29 is 22.7 Å². The van der Waals surface area contributed by atoms with Gasteiger partial charge >= 0.3 is 5.97 Å². The van der Waals surface area contributed by atoms with E-state index in [2.05, 4.69) is 5.32 Å². The standard InChI is InChI=1S/C19H22N2O5S/c1-3-17(14-7-5-4-6-8-14)19(23)26-13(2)18(22)21-15-9-11-16(12-10-15)27(20,24)25/h4-13,17H,3H2,1-2H3,(H,21,22)(H2,20,24,25)/t13-,17-/m1/s1. The molecule has 7 nitrogen and oxygen atoms in total. The third-order valence-electron chi connectivity index (χ3n) is 4.01. The minimum Gasteiger partial charge on any atom is -0.452 e. The number of carbonyl (C=O) groups is 2. The van der Waals surface area contributed by atoms with Gasteiger partial charge in [-0.05, 0) is 43.2 Å². The number of nitrogens with one attached hydrogen (secondary N) is 1. The second-order valence-corrected chi connectivity index (χ2v) is 7.57. The fraction of sp³-hybridized carbons (Fsp3) is 0.263. The summed E-state index contributed by atoms with van der Waals surface area (Å²) in [4.78, 5) is 24.6. The number of hydrogen-bond donors (Lipinski definition) is 2. The molecule has 144 valence electrons. The maximum atomic E-state index is 12.4. The van der Waals surface area contributed by atoms with Gasteiger partial charge in [0, 0.05) is 5.69 Å². The third-order valence-corrected chi connectivity index (χ3v) is 4.94. The summed E-state index contributed by atoms with van der Waals surface area (Å²) in [5, 5.41) is 7.60. The molecule has 2 aromatic rings. The van der Waals surface area contributed by atoms with Crippen LogP contribution >= 0.6 is 0 Å². The molecule has 2 rings (SSSR count). The Morgan fingerprint density at radius 3 is 2.19 bits per heavy atom. The number of carbonyl (C=O) groups excluding carboxylic acids is 2. The smallest absolute Gasteiger partial charge is 0.314 e. The Bertz CT molecular complexity index is 895. The van der Waals surface area contributed by atoms with Crippen molar-refractivity contribution in [3.05, 3.63) is 60.2 Å². The molecule has 2 aromatic carbocycles. The molecule has 0 spiro atoms. The summed E-state index contributed by atoms with van der Waals surface area (Å²) < 4.78 is 27.8. The van der Waals surface area contributed by atoms with Crippen LogP contribution in [0, 0.1) is 0 Å². The number of amides is 1. The van der Waals surface area contributed by atoms with Gasteiger partial charge < -0.3 is 10.1 Å². The maximum absolute atomic E-state index is 12.4. The Morgan fingerprint density at radius 2 is 1.67 bits per heavy atom. The molecule has 0 aliphatic carbocycles. The first-order chi connectivity index (χ1) is 12.7. The Kier molecular flexibility index (Phi) is 6.70. The van der Waals surface area contributed by atoms with Crippen LogP contribution in [0.4, 0.5) is 5.69 Å². The molecule has 0 saturated carbocycles. The minimum absolute atomic E-state index is 0.0615. The van der Waals surface area contributed by atoms with Crippen molar-refractivity contribution in [2.75, 3.05) is 5.32 Å². The van der Waals surface area contributed by atoms with Crippen molar-refractivity contribution in [2.24, 2.45) is 5.14 Å². The summed E-state index contributed by atoms with van der Waals surface area (Å²) >= 11 is 0. The maximum Gasteiger partial charge on any atom is 0.314 e. The summed E-state index contributed by atoms with van der Waals surface area (Å²) in [6, 6.07) is 14.6. The molecule has 0 bridgehead atoms. The molecule has 0 saturated heterocycles. The monoisotopic (exact) mass is 390 g/mol. The quantitative estimate of drug-likeness (QED) is 0.704. The summed E-state index contributed by atoms with van der Waals surface area (Å²) in [7, 11) is -3.80. The van der Waals surface area contributed by atoms with Gasteiger partial charge in [-0.15, -0.1) is 0 Å². The molecule has 3 N–H and O–H groups in total. The van der Waals surface area contributed by atoms with Gasteiger partial charge in [0.25, 0.3) is 5.91 Å². The van der Waals surface area contributed by atoms with E-state index in [1.54, 1.807) is 0 Å². The lowest BCUT2D eigenvalue weighted by molar-refractivity contribution is -0.154. The van der Waals surface area contributed by atoms with Gasteiger partial charge in [0.05, 0.1) is 10.8 Å². The van der Waals surface area contributed by atoms with Crippen molar-refractivity contribution in [1.29, 1.82) is 0 Å². The van der Waals surface area contributed by atoms with Crippen LogP contribution in [0.1, 0.15) is 31.7 Å². The molecule has 0 aliphatic rings. The summed E-state index contributed by atoms with van der Waals surface area (Å²) in [6.45, 7) is 3.35. The summed E-state index contributed by atoms with van der Waals surface area (Å²) in [6.07, 6.45) is -0.458. The zero-order valence-electron chi connectivity index (χ0n) is 15.1. The second-order valence-electron chi connectivity index (χ2n) is 6.01. The second kappa shape index (κ2) is 8.79. The van der Waals surface area contributed by atoms with Crippen molar-refractivity contribution in [3.8, 4) is 0 Å². The zero-order chi connectivity index (χ0) is 20.0. The first kappa shape index (κ1) is 20.6. The van der Waals surface area contributed by atoms with Crippen molar-refractivity contribution in [3.63, 3.8) is 0 Å². The number of esters is 1. The molecule has 0 aliphatic heterocycles. The van der Waals surface area contributed by atoms with Crippen molar-refractivity contribution in [1.82, 2.24) is 0 Å². The lowest BCUT2D eigenvalue weighted by Crippen LogP contribution is -2.31. The number of sulfonamides is 1. The highest BCUT2D eigenvalue weighted by Crippen LogP contribution is 2.21. The van der Waals surface area contributed by atoms with E-state index >= 15 is 0 Å². The lowest BCUT2D eigenvalue weighted by Gasteiger charge is -2.18. The fourth-order valence-electron chi connectivity index (χ4n) is 2.51. The van der Waals surface area contributed by atoms with Gasteiger partial charge in [-0.25, -0.2) is 13.6 Å². The first-order valence-corrected chi connectivity index (χ1v) is 9.96. The SMILES string of the molecule is CC[C@@H](C(=O)O[C@H](C)C(=O)Nc1ccc(S(N)(=O)=O)cc1)c1ccccc1. The van der Waals surface area contributed by atoms with E-state index in [0.29, 0.717) is 12.1 Å². The Morgan fingerprint density at radius 1 is 1.07 bits per heavy atom. The third kappa shape index (κ3) is 5.63. The van der Waals surface area contributed by atoms with Gasteiger partial charge in [0.1, 0.15) is 0 Å². The van der Waals surface area contributed by atoms with E-state index in [1.165, 1.54) is 31.2 Å². The lowest BCUT2D eigenvalue weighted by atomic mass is 9.97. The summed E-state index contributed by atoms with van der Waals surface area (Å²) in [5.74, 6) is -1.44. The number of rotatable bonds is 7. The predicted octanol–water partition coefficient (Wildman–Crippen LogP) is 2.40. The largest absolute Gasteiger partial charge is 0.452 e. The number of anilines is 1. The van der Waals surface area contributed by atoms with Crippen molar-refractivity contribution in [2.45, 2.75) is 37.2 Å². The highest BCUT2D eigenvalue weighted by atomic mass is 32.2. The average molecular weight is 390 g/mol. The highest BCUT2D eigenvalue weighted by molar-refractivity contribution is 7.89. The van der Waals surface area contributed by atoms with E-state index in [1.807, 2.05) is 37.3 Å². The minimum atomic E-state index is -3.80. The predicted molar refractivity (Wildman–Crippen MR) is 101 cm³/mol. The van der Waals surface area contributed by atoms with Crippen LogP contribution < -0.4 is 10.5 Å². The van der Waals surface area contributed by atoms with Crippen LogP contribution in [0.15, 0.2) is 59.5 Å². The highest BCUT2D eigenvalue weighted by Gasteiger charge is 2.25. The number of benzene rings is 2. The molecule has 0 unspecified atom stereocenters. The molecule has 8 heteroatoms. The average Bonchev–Trinajstić information content (AvgIpc) is 2.63. The van der Waals surface area contributed by atoms with Crippen LogP contribution in [0.2, 0.25) is 0 Å². The Balaban J connectivity index is 1.99. The van der Waals surface area contributed by atoms with E-state index in [4.69, 9.17) is 9.88 Å². The van der Waals surface area contributed by atoms with Crippen LogP contribution in [0.5, 0.6) is 0 Å². The van der Waals surface area contributed by atoms with Crippen LogP contribution in [0.3, 0.4) is 0 Å². The molecule has 0 fully saturated rings. The van der Waals surface area contributed by atoms with E-state index in [0.717, 1.165) is 5.56 Å². The number of primary sulfonamides is 1. The molecular formula is C19H22N2O5S. The number of hydrogen-bond acceptors (Lipinski definition) is 5. The molecule has 1 amide bonds. The van der Waals surface area contributed by atoms with Gasteiger partial charge in [0.2, 0.25) is 10.0 Å². The van der Waals surface area contributed by atoms with Gasteiger partial charge in [-0.3, -0.25) is 9.59 Å². The summed E-state index contributed by atoms with van der Waals surface area (Å²) in [5.41, 5.74) is 1.20. The fourth-order valence-corrected chi connectivity index (χ4v) is 3.02. The van der Waals surface area contributed by atoms with Gasteiger partial charge in [0.15, 0.2) is 6.10 Å². The number of ether oxygens (including phenoxy) is 1. The molecule has 0 radical (unpaired) electrons. The molecular weight excluding hydrogens is 368 g/mol. The van der Waals surface area contributed by atoms with Gasteiger partial charge in [-0.1, -0.05) is 37.3 Å². The van der Waals surface area contributed by atoms with Crippen LogP contribution in [-0.4, -0.2) is 26.4 Å². The van der Waals surface area contributed by atoms with Crippen molar-refractivity contribution >= 4 is 27.6 Å². The van der Waals surface area contributed by atoms with Gasteiger partial charge in [-0.2, -0.15) is 0 Å². The number of nitrogens with two attached hydrogens (primary N) is 1. The molecule has 0 heterocycles. The van der Waals surface area contributed by atoms with E-state index < -0.39 is 33.9 Å². The van der Waals surface area contributed by atoms with E-state index in [-0.39, 0.29) is 4.90 Å². The Labute approximate surface area is 158 Å². The normalized spacial score (nSPS) is 13.4. The van der Waals surface area contributed by atoms with Crippen LogP contribution in [0.25, 0.3) is 0 Å². The first-order valence-electron chi connectivity index (χ1n) is 8.41. The van der Waals surface area contributed by atoms with E-state index in [9.17, 15) is 18.0 Å².